The van der Waals surface area contributed by atoms with E-state index in [1.165, 1.54) is 22.8 Å². The number of aliphatic hydroxyl groups is 1. The third kappa shape index (κ3) is 4.79. The molecular weight excluding hydrogens is 488 g/mol. The summed E-state index contributed by atoms with van der Waals surface area (Å²) in [5.41, 5.74) is 5.80. The molecule has 1 saturated heterocycles. The molecule has 9 nitrogen and oxygen atoms in total. The quantitative estimate of drug-likeness (QED) is 0.349. The van der Waals surface area contributed by atoms with Crippen LogP contribution in [0.3, 0.4) is 0 Å². The van der Waals surface area contributed by atoms with E-state index < -0.39 is 21.0 Å². The van der Waals surface area contributed by atoms with Crippen molar-refractivity contribution < 1.29 is 13.5 Å². The van der Waals surface area contributed by atoms with Crippen LogP contribution in [0, 0.1) is 0 Å². The number of aromatic amines is 1. The third-order valence-corrected chi connectivity index (χ3v) is 9.00. The fourth-order valence-electron chi connectivity index (χ4n) is 5.63. The first-order valence-electron chi connectivity index (χ1n) is 12.8. The molecule has 0 radical (unpaired) electrons. The van der Waals surface area contributed by atoms with Crippen molar-refractivity contribution in [3.8, 4) is 11.3 Å². The second-order valence-electron chi connectivity index (χ2n) is 11.1. The zero-order chi connectivity index (χ0) is 26.7. The Labute approximate surface area is 217 Å². The number of sulfonamides is 1. The number of likely N-dealkylation sites (tertiary alicyclic amines) is 1. The van der Waals surface area contributed by atoms with Crippen LogP contribution in [0.1, 0.15) is 76.0 Å². The molecule has 0 aliphatic carbocycles. The van der Waals surface area contributed by atoms with Crippen molar-refractivity contribution in [2.75, 3.05) is 13.1 Å². The number of pyridine rings is 1. The van der Waals surface area contributed by atoms with E-state index in [1.54, 1.807) is 25.3 Å². The Morgan fingerprint density at radius 3 is 2.49 bits per heavy atom. The number of nitrogens with one attached hydrogen (secondary N) is 1. The minimum absolute atomic E-state index is 0.258. The molecule has 0 bridgehead atoms. The number of hydrogen-bond acceptors (Lipinski definition) is 6. The number of primary sulfonamides is 1. The maximum Gasteiger partial charge on any atom is 0.225 e. The highest BCUT2D eigenvalue weighted by Gasteiger charge is 2.30. The normalized spacial score (nSPS) is 17.3. The van der Waals surface area contributed by atoms with E-state index in [0.717, 1.165) is 35.2 Å². The molecule has 1 aliphatic rings. The van der Waals surface area contributed by atoms with Crippen molar-refractivity contribution in [1.82, 2.24) is 24.5 Å². The van der Waals surface area contributed by atoms with Crippen LogP contribution in [-0.2, 0) is 15.6 Å². The zero-order valence-electron chi connectivity index (χ0n) is 22.1. The summed E-state index contributed by atoms with van der Waals surface area (Å²) >= 11 is 0. The highest BCUT2D eigenvalue weighted by molar-refractivity contribution is 7.89. The second kappa shape index (κ2) is 9.20. The number of H-pyrrole nitrogens is 1. The fraction of sp³-hybridized carbons (Fsp3) is 0.481. The van der Waals surface area contributed by atoms with Gasteiger partial charge in [-0.1, -0.05) is 19.9 Å². The number of piperidine rings is 1. The number of nitrogens with zero attached hydrogens (tertiary/aromatic N) is 4. The first kappa shape index (κ1) is 25.8. The summed E-state index contributed by atoms with van der Waals surface area (Å²) in [5, 5.41) is 21.1. The first-order valence-corrected chi connectivity index (χ1v) is 14.4. The number of benzene rings is 1. The molecule has 4 heterocycles. The zero-order valence-corrected chi connectivity index (χ0v) is 22.9. The van der Waals surface area contributed by atoms with E-state index in [4.69, 9.17) is 5.14 Å². The van der Waals surface area contributed by atoms with Gasteiger partial charge in [-0.3, -0.25) is 4.90 Å². The van der Waals surface area contributed by atoms with E-state index in [9.17, 15) is 13.5 Å². The molecule has 0 spiro atoms. The average Bonchev–Trinajstić information content (AvgIpc) is 3.45. The van der Waals surface area contributed by atoms with E-state index >= 15 is 0 Å². The van der Waals surface area contributed by atoms with Gasteiger partial charge in [0.25, 0.3) is 0 Å². The molecule has 4 N–H and O–H groups in total. The Hall–Kier alpha value is -2.79. The molecule has 1 fully saturated rings. The highest BCUT2D eigenvalue weighted by Crippen LogP contribution is 2.39. The largest absolute Gasteiger partial charge is 0.386 e. The SMILES string of the molecule is CC(C)c1c(-c2cc(C(C)(C)O)c3ncnn3c2)[nH]c2ccc(C3CCN(C(C)S(N)(=O)=O)CC3)cc12. The summed E-state index contributed by atoms with van der Waals surface area (Å²) in [4.78, 5) is 9.94. The lowest BCUT2D eigenvalue weighted by molar-refractivity contribution is 0.0796. The lowest BCUT2D eigenvalue weighted by Gasteiger charge is -2.35. The molecule has 0 amide bonds. The van der Waals surface area contributed by atoms with Crippen molar-refractivity contribution in [2.45, 2.75) is 70.3 Å². The summed E-state index contributed by atoms with van der Waals surface area (Å²) in [6, 6.07) is 8.62. The lowest BCUT2D eigenvalue weighted by atomic mass is 9.87. The van der Waals surface area contributed by atoms with E-state index in [2.05, 4.69) is 47.1 Å². The maximum absolute atomic E-state index is 11.8. The van der Waals surface area contributed by atoms with Crippen molar-refractivity contribution in [3.05, 3.63) is 53.5 Å². The molecular formula is C27H36N6O3S. The van der Waals surface area contributed by atoms with Crippen LogP contribution in [0.4, 0.5) is 0 Å². The summed E-state index contributed by atoms with van der Waals surface area (Å²) in [6.45, 7) is 11.0. The molecule has 5 rings (SSSR count). The van der Waals surface area contributed by atoms with Gasteiger partial charge in [-0.15, -0.1) is 0 Å². The third-order valence-electron chi connectivity index (χ3n) is 7.75. The topological polar surface area (TPSA) is 130 Å². The van der Waals surface area contributed by atoms with Crippen molar-refractivity contribution in [2.24, 2.45) is 5.14 Å². The molecule has 10 heteroatoms. The van der Waals surface area contributed by atoms with Crippen LogP contribution in [-0.4, -0.2) is 56.5 Å². The lowest BCUT2D eigenvalue weighted by Crippen LogP contribution is -2.45. The van der Waals surface area contributed by atoms with Crippen LogP contribution in [0.25, 0.3) is 27.8 Å². The van der Waals surface area contributed by atoms with Crippen molar-refractivity contribution >= 4 is 26.6 Å². The number of fused-ring (bicyclic) bond motifs is 2. The van der Waals surface area contributed by atoms with Crippen LogP contribution in [0.2, 0.25) is 0 Å². The predicted molar refractivity (Wildman–Crippen MR) is 146 cm³/mol. The molecule has 198 valence electrons. The van der Waals surface area contributed by atoms with Gasteiger partial charge in [-0.05, 0) is 87.9 Å². The van der Waals surface area contributed by atoms with Gasteiger partial charge in [-0.2, -0.15) is 5.10 Å². The van der Waals surface area contributed by atoms with Crippen LogP contribution >= 0.6 is 0 Å². The van der Waals surface area contributed by atoms with Gasteiger partial charge in [0.2, 0.25) is 10.0 Å². The summed E-state index contributed by atoms with van der Waals surface area (Å²) in [7, 11) is -3.58. The summed E-state index contributed by atoms with van der Waals surface area (Å²) in [6.07, 6.45) is 5.23. The number of nitrogens with two attached hydrogens (primary N) is 1. The highest BCUT2D eigenvalue weighted by atomic mass is 32.2. The van der Waals surface area contributed by atoms with Gasteiger partial charge in [0.05, 0.1) is 11.3 Å². The van der Waals surface area contributed by atoms with E-state index in [1.807, 2.05) is 17.2 Å². The van der Waals surface area contributed by atoms with Gasteiger partial charge in [0.1, 0.15) is 11.7 Å². The molecule has 1 atom stereocenters. The Morgan fingerprint density at radius 1 is 1.16 bits per heavy atom. The molecule has 37 heavy (non-hydrogen) atoms. The molecule has 1 unspecified atom stereocenters. The minimum atomic E-state index is -3.58. The van der Waals surface area contributed by atoms with E-state index in [-0.39, 0.29) is 5.92 Å². The first-order chi connectivity index (χ1) is 17.3. The number of aromatic nitrogens is 4. The number of hydrogen-bond donors (Lipinski definition) is 3. The van der Waals surface area contributed by atoms with Gasteiger partial charge in [0, 0.05) is 28.2 Å². The van der Waals surface area contributed by atoms with Crippen molar-refractivity contribution in [3.63, 3.8) is 0 Å². The average molecular weight is 525 g/mol. The molecule has 3 aromatic heterocycles. The van der Waals surface area contributed by atoms with Gasteiger partial charge < -0.3 is 10.1 Å². The van der Waals surface area contributed by atoms with E-state index in [0.29, 0.717) is 24.7 Å². The monoisotopic (exact) mass is 524 g/mol. The summed E-state index contributed by atoms with van der Waals surface area (Å²) < 4.78 is 25.3. The smallest absolute Gasteiger partial charge is 0.225 e. The Morgan fingerprint density at radius 2 is 1.86 bits per heavy atom. The predicted octanol–water partition coefficient (Wildman–Crippen LogP) is 4.04. The molecule has 4 aromatic rings. The van der Waals surface area contributed by atoms with Crippen LogP contribution in [0.15, 0.2) is 36.8 Å². The standard InChI is InChI=1S/C27H36N6O3S/c1-16(2)24-21-12-19(18-8-10-32(11-9-18)17(3)37(28,35)36)6-7-23(21)31-25(24)20-13-22(27(4,5)34)26-29-15-30-33(26)14-20/h6-7,12-18,31,34H,8-11H2,1-5H3,(H2,28,35,36). The van der Waals surface area contributed by atoms with Gasteiger partial charge in [-0.25, -0.2) is 23.1 Å². The Balaban J connectivity index is 1.53. The second-order valence-corrected chi connectivity index (χ2v) is 13.0. The minimum Gasteiger partial charge on any atom is -0.386 e. The van der Waals surface area contributed by atoms with Crippen molar-refractivity contribution in [1.29, 1.82) is 0 Å². The maximum atomic E-state index is 11.8. The fourth-order valence-corrected chi connectivity index (χ4v) is 6.26. The molecule has 1 aromatic carbocycles. The number of rotatable bonds is 6. The Kier molecular flexibility index (Phi) is 6.42. The molecule has 0 saturated carbocycles. The molecule has 1 aliphatic heterocycles. The van der Waals surface area contributed by atoms with Gasteiger partial charge in [0.15, 0.2) is 5.65 Å². The Bertz CT molecular complexity index is 1560. The van der Waals surface area contributed by atoms with Crippen LogP contribution < -0.4 is 5.14 Å². The summed E-state index contributed by atoms with van der Waals surface area (Å²) in [5.74, 6) is 0.619. The van der Waals surface area contributed by atoms with Crippen LogP contribution in [0.5, 0.6) is 0 Å². The van der Waals surface area contributed by atoms with Gasteiger partial charge >= 0.3 is 0 Å².